The van der Waals surface area contributed by atoms with Crippen molar-refractivity contribution in [2.24, 2.45) is 0 Å². The summed E-state index contributed by atoms with van der Waals surface area (Å²) in [6.07, 6.45) is 0. The van der Waals surface area contributed by atoms with Gasteiger partial charge in [-0.15, -0.1) is 0 Å². The number of hydrogen-bond acceptors (Lipinski definition) is 5. The summed E-state index contributed by atoms with van der Waals surface area (Å²) in [4.78, 5) is 16.6. The van der Waals surface area contributed by atoms with Crippen LogP contribution in [0.4, 0.5) is 0 Å². The van der Waals surface area contributed by atoms with Gasteiger partial charge in [0.2, 0.25) is 5.82 Å². The smallest absolute Gasteiger partial charge is 0.258 e. The van der Waals surface area contributed by atoms with Gasteiger partial charge < -0.3 is 14.6 Å². The molecule has 1 aromatic heterocycles. The van der Waals surface area contributed by atoms with Crippen LogP contribution in [0.3, 0.4) is 0 Å². The number of ether oxygens (including phenoxy) is 1. The Morgan fingerprint density at radius 2 is 1.60 bits per heavy atom. The minimum absolute atomic E-state index is 0.0603. The monoisotopic (exact) mass is 399 g/mol. The fourth-order valence-electron chi connectivity index (χ4n) is 3.00. The lowest BCUT2D eigenvalue weighted by molar-refractivity contribution is -0.123. The third-order valence-electron chi connectivity index (χ3n) is 4.61. The van der Waals surface area contributed by atoms with Crippen LogP contribution in [0, 0.1) is 0 Å². The van der Waals surface area contributed by atoms with Crippen LogP contribution < -0.4 is 10.1 Å². The van der Waals surface area contributed by atoms with Crippen molar-refractivity contribution < 1.29 is 14.1 Å². The van der Waals surface area contributed by atoms with Crippen molar-refractivity contribution in [1.29, 1.82) is 0 Å². The fraction of sp³-hybridized carbons (Fsp3) is 0.125. The molecule has 1 N–H and O–H groups in total. The summed E-state index contributed by atoms with van der Waals surface area (Å²) >= 11 is 0. The Kier molecular flexibility index (Phi) is 5.85. The van der Waals surface area contributed by atoms with Crippen molar-refractivity contribution >= 4 is 5.91 Å². The lowest BCUT2D eigenvalue weighted by Crippen LogP contribution is -2.31. The summed E-state index contributed by atoms with van der Waals surface area (Å²) in [5.41, 5.74) is 2.71. The number of carbonyl (C=O) groups excluding carboxylic acids is 1. The van der Waals surface area contributed by atoms with Gasteiger partial charge in [0.1, 0.15) is 5.75 Å². The van der Waals surface area contributed by atoms with E-state index in [1.807, 2.05) is 79.7 Å². The van der Waals surface area contributed by atoms with E-state index in [4.69, 9.17) is 9.26 Å². The lowest BCUT2D eigenvalue weighted by Gasteiger charge is -2.14. The molecular weight excluding hydrogens is 378 g/mol. The van der Waals surface area contributed by atoms with E-state index < -0.39 is 0 Å². The fourth-order valence-corrected chi connectivity index (χ4v) is 3.00. The highest BCUT2D eigenvalue weighted by Gasteiger charge is 2.12. The quantitative estimate of drug-likeness (QED) is 0.489. The van der Waals surface area contributed by atoms with Crippen LogP contribution in [0.15, 0.2) is 89.5 Å². The van der Waals surface area contributed by atoms with Crippen molar-refractivity contribution in [2.45, 2.75) is 13.0 Å². The molecule has 4 rings (SSSR count). The van der Waals surface area contributed by atoms with Gasteiger partial charge in [-0.3, -0.25) is 4.79 Å². The summed E-state index contributed by atoms with van der Waals surface area (Å²) < 4.78 is 11.0. The maximum Gasteiger partial charge on any atom is 0.258 e. The highest BCUT2D eigenvalue weighted by Crippen LogP contribution is 2.24. The summed E-state index contributed by atoms with van der Waals surface area (Å²) in [6, 6.07) is 26.5. The van der Waals surface area contributed by atoms with Crippen LogP contribution in [0.25, 0.3) is 22.8 Å². The molecule has 6 heteroatoms. The molecular formula is C24H21N3O3. The summed E-state index contributed by atoms with van der Waals surface area (Å²) in [6.45, 7) is 1.88. The predicted molar refractivity (Wildman–Crippen MR) is 114 cm³/mol. The Balaban J connectivity index is 1.33. The average molecular weight is 399 g/mol. The second kappa shape index (κ2) is 9.05. The molecule has 4 aromatic rings. The van der Waals surface area contributed by atoms with Gasteiger partial charge in [0.15, 0.2) is 6.61 Å². The van der Waals surface area contributed by atoms with Gasteiger partial charge in [0, 0.05) is 11.1 Å². The van der Waals surface area contributed by atoms with Gasteiger partial charge in [-0.25, -0.2) is 0 Å². The largest absolute Gasteiger partial charge is 0.484 e. The number of hydrogen-bond donors (Lipinski definition) is 1. The first-order chi connectivity index (χ1) is 14.7. The standard InChI is InChI=1S/C24H21N3O3/c1-17(18-8-4-2-5-9-18)25-22(28)16-29-21-14-12-20(13-15-21)24-26-23(27-30-24)19-10-6-3-7-11-19/h2-15,17H,16H2,1H3,(H,25,28). The number of aromatic nitrogens is 2. The third-order valence-corrected chi connectivity index (χ3v) is 4.61. The van der Waals surface area contributed by atoms with E-state index in [9.17, 15) is 4.79 Å². The van der Waals surface area contributed by atoms with Crippen LogP contribution >= 0.6 is 0 Å². The molecule has 6 nitrogen and oxygen atoms in total. The van der Waals surface area contributed by atoms with E-state index in [0.29, 0.717) is 17.5 Å². The molecule has 0 saturated heterocycles. The van der Waals surface area contributed by atoms with E-state index in [0.717, 1.165) is 16.7 Å². The lowest BCUT2D eigenvalue weighted by atomic mass is 10.1. The Bertz CT molecular complexity index is 1090. The van der Waals surface area contributed by atoms with Gasteiger partial charge in [0.25, 0.3) is 11.8 Å². The van der Waals surface area contributed by atoms with Crippen LogP contribution in [0.1, 0.15) is 18.5 Å². The van der Waals surface area contributed by atoms with Crippen molar-refractivity contribution in [3.8, 4) is 28.6 Å². The third kappa shape index (κ3) is 4.72. The number of amides is 1. The van der Waals surface area contributed by atoms with Gasteiger partial charge in [-0.2, -0.15) is 4.98 Å². The first kappa shape index (κ1) is 19.4. The molecule has 0 saturated carbocycles. The molecule has 0 spiro atoms. The topological polar surface area (TPSA) is 77.2 Å². The highest BCUT2D eigenvalue weighted by molar-refractivity contribution is 5.78. The Morgan fingerprint density at radius 1 is 0.933 bits per heavy atom. The second-order valence-electron chi connectivity index (χ2n) is 6.80. The minimum atomic E-state index is -0.181. The maximum absolute atomic E-state index is 12.2. The summed E-state index contributed by atoms with van der Waals surface area (Å²) in [7, 11) is 0. The van der Waals surface area contributed by atoms with Crippen LogP contribution in [0.5, 0.6) is 5.75 Å². The molecule has 0 bridgehead atoms. The molecule has 0 aliphatic rings. The molecule has 150 valence electrons. The Hall–Kier alpha value is -3.93. The molecule has 1 heterocycles. The van der Waals surface area contributed by atoms with Crippen LogP contribution in [0.2, 0.25) is 0 Å². The van der Waals surface area contributed by atoms with E-state index in [-0.39, 0.29) is 18.6 Å². The van der Waals surface area contributed by atoms with Crippen molar-refractivity contribution in [3.63, 3.8) is 0 Å². The van der Waals surface area contributed by atoms with E-state index in [1.165, 1.54) is 0 Å². The zero-order valence-corrected chi connectivity index (χ0v) is 16.5. The molecule has 0 radical (unpaired) electrons. The first-order valence-electron chi connectivity index (χ1n) is 9.66. The number of carbonyl (C=O) groups is 1. The molecule has 1 atom stereocenters. The normalized spacial score (nSPS) is 11.6. The first-order valence-corrected chi connectivity index (χ1v) is 9.66. The summed E-state index contributed by atoms with van der Waals surface area (Å²) in [5, 5.41) is 6.95. The Labute approximate surface area is 174 Å². The molecule has 0 aliphatic heterocycles. The second-order valence-corrected chi connectivity index (χ2v) is 6.80. The maximum atomic E-state index is 12.2. The van der Waals surface area contributed by atoms with Gasteiger partial charge >= 0.3 is 0 Å². The van der Waals surface area contributed by atoms with E-state index in [2.05, 4.69) is 15.5 Å². The average Bonchev–Trinajstić information content (AvgIpc) is 3.29. The number of benzene rings is 3. The molecule has 0 aliphatic carbocycles. The van der Waals surface area contributed by atoms with Gasteiger partial charge in [-0.05, 0) is 36.8 Å². The molecule has 1 unspecified atom stereocenters. The minimum Gasteiger partial charge on any atom is -0.484 e. The van der Waals surface area contributed by atoms with Crippen molar-refractivity contribution in [1.82, 2.24) is 15.5 Å². The zero-order chi connectivity index (χ0) is 20.8. The van der Waals surface area contributed by atoms with Gasteiger partial charge in [0.05, 0.1) is 6.04 Å². The number of nitrogens with zero attached hydrogens (tertiary/aromatic N) is 2. The number of rotatable bonds is 7. The molecule has 0 fully saturated rings. The molecule has 1 amide bonds. The SMILES string of the molecule is CC(NC(=O)COc1ccc(-c2nc(-c3ccccc3)no2)cc1)c1ccccc1. The van der Waals surface area contributed by atoms with Crippen LogP contribution in [-0.4, -0.2) is 22.7 Å². The Morgan fingerprint density at radius 3 is 2.30 bits per heavy atom. The van der Waals surface area contributed by atoms with Gasteiger partial charge in [-0.1, -0.05) is 65.8 Å². The van der Waals surface area contributed by atoms with Crippen molar-refractivity contribution in [2.75, 3.05) is 6.61 Å². The van der Waals surface area contributed by atoms with E-state index >= 15 is 0 Å². The highest BCUT2D eigenvalue weighted by atomic mass is 16.5. The van der Waals surface area contributed by atoms with Crippen LogP contribution in [-0.2, 0) is 4.79 Å². The summed E-state index contributed by atoms with van der Waals surface area (Å²) in [5.74, 6) is 1.37. The number of nitrogens with one attached hydrogen (secondary N) is 1. The molecule has 3 aromatic carbocycles. The van der Waals surface area contributed by atoms with Crippen molar-refractivity contribution in [3.05, 3.63) is 90.5 Å². The molecule has 30 heavy (non-hydrogen) atoms. The zero-order valence-electron chi connectivity index (χ0n) is 16.5. The van der Waals surface area contributed by atoms with E-state index in [1.54, 1.807) is 12.1 Å². The predicted octanol–water partition coefficient (Wildman–Crippen LogP) is 4.66.